The molecule has 2 heterocycles. The third-order valence-electron chi connectivity index (χ3n) is 5.84. The largest absolute Gasteiger partial charge is 0.497 e. The Morgan fingerprint density at radius 3 is 2.46 bits per heavy atom. The first kappa shape index (κ1) is 17.7. The molecule has 2 aromatic carbocycles. The van der Waals surface area contributed by atoms with Gasteiger partial charge in [-0.05, 0) is 67.0 Å². The number of anilines is 1. The fourth-order valence-electron chi connectivity index (χ4n) is 4.12. The highest BCUT2D eigenvalue weighted by Crippen LogP contribution is 2.47. The van der Waals surface area contributed by atoms with Crippen molar-refractivity contribution in [1.82, 2.24) is 0 Å². The number of methoxy groups -OCH3 is 1. The second kappa shape index (κ2) is 6.90. The number of rotatable bonds is 5. The molecule has 1 amide bonds. The Bertz CT molecular complexity index is 882. The van der Waals surface area contributed by atoms with Gasteiger partial charge in [0.05, 0.1) is 26.0 Å². The quantitative estimate of drug-likeness (QED) is 0.796. The molecule has 0 atom stereocenters. The molecule has 2 fully saturated rings. The molecule has 0 unspecified atom stereocenters. The number of fused-ring (bicyclic) bond motifs is 2. The fraction of sp³-hybridized carbons (Fsp3) is 0.435. The molecule has 5 heteroatoms. The zero-order valence-electron chi connectivity index (χ0n) is 16.1. The second-order valence-corrected chi connectivity index (χ2v) is 7.90. The van der Waals surface area contributed by atoms with E-state index in [-0.39, 0.29) is 5.91 Å². The molecule has 0 radical (unpaired) electrons. The first-order chi connectivity index (χ1) is 13.7. The molecule has 28 heavy (non-hydrogen) atoms. The Kier molecular flexibility index (Phi) is 4.37. The maximum Gasteiger partial charge on any atom is 0.292 e. The molecule has 2 aliphatic heterocycles. The topological polar surface area (TPSA) is 48.0 Å². The molecule has 1 saturated heterocycles. The van der Waals surface area contributed by atoms with Crippen molar-refractivity contribution in [1.29, 1.82) is 0 Å². The van der Waals surface area contributed by atoms with Crippen molar-refractivity contribution in [3.63, 3.8) is 0 Å². The van der Waals surface area contributed by atoms with Crippen molar-refractivity contribution in [2.45, 2.75) is 31.5 Å². The van der Waals surface area contributed by atoms with Gasteiger partial charge in [0.2, 0.25) is 0 Å². The van der Waals surface area contributed by atoms with Crippen LogP contribution in [-0.4, -0.2) is 32.8 Å². The van der Waals surface area contributed by atoms with E-state index in [1.807, 2.05) is 17.0 Å². The predicted molar refractivity (Wildman–Crippen MR) is 106 cm³/mol. The van der Waals surface area contributed by atoms with Crippen molar-refractivity contribution in [2.75, 3.05) is 31.8 Å². The number of hydrogen-bond donors (Lipinski definition) is 0. The van der Waals surface area contributed by atoms with Crippen LogP contribution in [0, 0.1) is 5.92 Å². The molecule has 1 aliphatic carbocycles. The van der Waals surface area contributed by atoms with Gasteiger partial charge in [0.1, 0.15) is 5.75 Å². The van der Waals surface area contributed by atoms with Crippen LogP contribution < -0.4 is 9.64 Å². The molecule has 0 aromatic heterocycles. The van der Waals surface area contributed by atoms with Gasteiger partial charge in [-0.15, -0.1) is 0 Å². The van der Waals surface area contributed by atoms with Crippen LogP contribution in [0.3, 0.4) is 0 Å². The zero-order valence-corrected chi connectivity index (χ0v) is 16.1. The standard InChI is InChI=1S/C23H25NO4/c1-26-19-8-5-16(6-9-19)13-18-7-10-21-20(14-18)23(27-11-2-12-28-23)22(25)24(21)15-17-3-4-17/h5-10,14,17H,2-4,11-13,15H2,1H3. The summed E-state index contributed by atoms with van der Waals surface area (Å²) in [6, 6.07) is 14.3. The van der Waals surface area contributed by atoms with E-state index in [9.17, 15) is 4.79 Å². The minimum Gasteiger partial charge on any atom is -0.497 e. The molecule has 3 aliphatic rings. The lowest BCUT2D eigenvalue weighted by atomic mass is 9.98. The Hall–Kier alpha value is -2.37. The summed E-state index contributed by atoms with van der Waals surface area (Å²) in [5.41, 5.74) is 4.14. The Morgan fingerprint density at radius 2 is 1.79 bits per heavy atom. The molecule has 1 spiro atoms. The van der Waals surface area contributed by atoms with E-state index in [0.717, 1.165) is 42.0 Å². The van der Waals surface area contributed by atoms with Crippen LogP contribution in [-0.2, 0) is 26.5 Å². The van der Waals surface area contributed by atoms with Crippen LogP contribution >= 0.6 is 0 Å². The number of carbonyl (C=O) groups excluding carboxylic acids is 1. The number of ether oxygens (including phenoxy) is 3. The van der Waals surface area contributed by atoms with Gasteiger partial charge in [0.25, 0.3) is 11.7 Å². The van der Waals surface area contributed by atoms with Crippen LogP contribution in [0.1, 0.15) is 36.0 Å². The van der Waals surface area contributed by atoms with Crippen LogP contribution in [0.15, 0.2) is 42.5 Å². The molecule has 5 rings (SSSR count). The van der Waals surface area contributed by atoms with Gasteiger partial charge < -0.3 is 19.1 Å². The van der Waals surface area contributed by atoms with Crippen molar-refractivity contribution >= 4 is 11.6 Å². The second-order valence-electron chi connectivity index (χ2n) is 7.90. The van der Waals surface area contributed by atoms with E-state index in [0.29, 0.717) is 19.1 Å². The van der Waals surface area contributed by atoms with E-state index in [1.54, 1.807) is 7.11 Å². The van der Waals surface area contributed by atoms with Crippen molar-refractivity contribution in [3.05, 3.63) is 59.2 Å². The minimum absolute atomic E-state index is 0.0595. The molecule has 2 aromatic rings. The average Bonchev–Trinajstić information content (AvgIpc) is 3.54. The first-order valence-corrected chi connectivity index (χ1v) is 10.1. The van der Waals surface area contributed by atoms with Gasteiger partial charge in [0, 0.05) is 12.1 Å². The van der Waals surface area contributed by atoms with Crippen LogP contribution in [0.4, 0.5) is 5.69 Å². The van der Waals surface area contributed by atoms with Gasteiger partial charge in [0.15, 0.2) is 0 Å². The molecular formula is C23H25NO4. The van der Waals surface area contributed by atoms with Gasteiger partial charge >= 0.3 is 0 Å². The van der Waals surface area contributed by atoms with Gasteiger partial charge in [-0.3, -0.25) is 4.79 Å². The van der Waals surface area contributed by atoms with Gasteiger partial charge in [-0.2, -0.15) is 0 Å². The van der Waals surface area contributed by atoms with Gasteiger partial charge in [-0.25, -0.2) is 0 Å². The maximum absolute atomic E-state index is 13.3. The summed E-state index contributed by atoms with van der Waals surface area (Å²) in [5, 5.41) is 0. The van der Waals surface area contributed by atoms with Crippen molar-refractivity contribution in [3.8, 4) is 5.75 Å². The Labute approximate surface area is 165 Å². The highest BCUT2D eigenvalue weighted by Gasteiger charge is 2.55. The van der Waals surface area contributed by atoms with Gasteiger partial charge in [-0.1, -0.05) is 18.2 Å². The third-order valence-corrected chi connectivity index (χ3v) is 5.84. The van der Waals surface area contributed by atoms with Crippen molar-refractivity contribution < 1.29 is 19.0 Å². The Balaban J connectivity index is 1.49. The average molecular weight is 379 g/mol. The lowest BCUT2D eigenvalue weighted by molar-refractivity contribution is -0.256. The van der Waals surface area contributed by atoms with E-state index in [2.05, 4.69) is 30.3 Å². The minimum atomic E-state index is -1.25. The summed E-state index contributed by atoms with van der Waals surface area (Å²) in [7, 11) is 1.67. The molecule has 5 nitrogen and oxygen atoms in total. The molecule has 0 N–H and O–H groups in total. The molecule has 0 bridgehead atoms. The number of benzene rings is 2. The summed E-state index contributed by atoms with van der Waals surface area (Å²) in [6.45, 7) is 1.86. The molecular weight excluding hydrogens is 354 g/mol. The number of nitrogens with zero attached hydrogens (tertiary/aromatic N) is 1. The zero-order chi connectivity index (χ0) is 19.1. The monoisotopic (exact) mass is 379 g/mol. The summed E-state index contributed by atoms with van der Waals surface area (Å²) in [4.78, 5) is 15.2. The van der Waals surface area contributed by atoms with Crippen LogP contribution in [0.2, 0.25) is 0 Å². The highest BCUT2D eigenvalue weighted by molar-refractivity contribution is 6.06. The molecule has 146 valence electrons. The van der Waals surface area contributed by atoms with E-state index >= 15 is 0 Å². The Morgan fingerprint density at radius 1 is 1.07 bits per heavy atom. The third kappa shape index (κ3) is 2.99. The van der Waals surface area contributed by atoms with E-state index in [4.69, 9.17) is 14.2 Å². The van der Waals surface area contributed by atoms with Crippen molar-refractivity contribution in [2.24, 2.45) is 5.92 Å². The highest BCUT2D eigenvalue weighted by atomic mass is 16.7. The number of hydrogen-bond acceptors (Lipinski definition) is 4. The summed E-state index contributed by atoms with van der Waals surface area (Å²) >= 11 is 0. The molecule has 1 saturated carbocycles. The summed E-state index contributed by atoms with van der Waals surface area (Å²) in [6.07, 6.45) is 4.00. The van der Waals surface area contributed by atoms with E-state index in [1.165, 1.54) is 18.4 Å². The fourth-order valence-corrected chi connectivity index (χ4v) is 4.12. The predicted octanol–water partition coefficient (Wildman–Crippen LogP) is 3.63. The van der Waals surface area contributed by atoms with Crippen LogP contribution in [0.5, 0.6) is 5.75 Å². The smallest absolute Gasteiger partial charge is 0.292 e. The maximum atomic E-state index is 13.3. The summed E-state index contributed by atoms with van der Waals surface area (Å²) < 4.78 is 17.2. The lowest BCUT2D eigenvalue weighted by Crippen LogP contribution is -2.47. The number of amides is 1. The lowest BCUT2D eigenvalue weighted by Gasteiger charge is -2.32. The normalized spacial score (nSPS) is 20.5. The number of carbonyl (C=O) groups is 1. The summed E-state index contributed by atoms with van der Waals surface area (Å²) in [5.74, 6) is 0.144. The van der Waals surface area contributed by atoms with Crippen LogP contribution in [0.25, 0.3) is 0 Å². The van der Waals surface area contributed by atoms with E-state index < -0.39 is 5.79 Å². The first-order valence-electron chi connectivity index (χ1n) is 10.1. The SMILES string of the molecule is COc1ccc(Cc2ccc3c(c2)C2(OCCCO2)C(=O)N3CC2CC2)cc1.